The predicted molar refractivity (Wildman–Crippen MR) is 83.0 cm³/mol. The van der Waals surface area contributed by atoms with E-state index in [4.69, 9.17) is 9.84 Å². The number of benzene rings is 1. The van der Waals surface area contributed by atoms with Gasteiger partial charge in [0.2, 0.25) is 0 Å². The molecule has 22 heavy (non-hydrogen) atoms. The first-order valence-electron chi connectivity index (χ1n) is 7.70. The average Bonchev–Trinajstić information content (AvgIpc) is 2.96. The second-order valence-electron chi connectivity index (χ2n) is 6.02. The van der Waals surface area contributed by atoms with Gasteiger partial charge in [-0.15, -0.1) is 0 Å². The Morgan fingerprint density at radius 1 is 1.32 bits per heavy atom. The fraction of sp³-hybridized carbons (Fsp3) is 0.529. The van der Waals surface area contributed by atoms with Crippen molar-refractivity contribution in [3.63, 3.8) is 0 Å². The van der Waals surface area contributed by atoms with Gasteiger partial charge < -0.3 is 14.7 Å². The number of likely N-dealkylation sites (tertiary alicyclic amines) is 1. The molecule has 0 radical (unpaired) electrons. The second-order valence-corrected chi connectivity index (χ2v) is 6.02. The summed E-state index contributed by atoms with van der Waals surface area (Å²) in [6.45, 7) is 6.34. The lowest BCUT2D eigenvalue weighted by atomic mass is 10.0. The number of carbonyl (C=O) groups is 2. The number of rotatable bonds is 5. The molecule has 0 spiro atoms. The summed E-state index contributed by atoms with van der Waals surface area (Å²) in [7, 11) is 0. The standard InChI is InChI=1S/C17H23NO4/c1-11(2)13-6-4-7-14(10-13)22-12(3)16(19)18-9-5-8-15(18)17(20)21/h4,6-7,10-12,15H,5,8-9H2,1-3H3,(H,20,21)/t12?,15-/m1/s1. The van der Waals surface area contributed by atoms with Crippen LogP contribution in [-0.4, -0.2) is 40.6 Å². The van der Waals surface area contributed by atoms with Gasteiger partial charge in [-0.1, -0.05) is 26.0 Å². The van der Waals surface area contributed by atoms with Crippen LogP contribution >= 0.6 is 0 Å². The number of carboxylic acid groups (broad SMARTS) is 1. The molecular weight excluding hydrogens is 282 g/mol. The lowest BCUT2D eigenvalue weighted by Crippen LogP contribution is -2.46. The molecule has 1 aromatic carbocycles. The Morgan fingerprint density at radius 2 is 2.05 bits per heavy atom. The van der Waals surface area contributed by atoms with Gasteiger partial charge in [0.15, 0.2) is 6.10 Å². The van der Waals surface area contributed by atoms with Gasteiger partial charge in [-0.25, -0.2) is 4.79 Å². The fourth-order valence-corrected chi connectivity index (χ4v) is 2.72. The monoisotopic (exact) mass is 305 g/mol. The highest BCUT2D eigenvalue weighted by Gasteiger charge is 2.36. The summed E-state index contributed by atoms with van der Waals surface area (Å²) in [4.78, 5) is 25.0. The summed E-state index contributed by atoms with van der Waals surface area (Å²) in [5.74, 6) is -0.192. The minimum absolute atomic E-state index is 0.264. The van der Waals surface area contributed by atoms with E-state index >= 15 is 0 Å². The third-order valence-corrected chi connectivity index (χ3v) is 4.01. The summed E-state index contributed by atoms with van der Waals surface area (Å²) in [6, 6.07) is 6.94. The lowest BCUT2D eigenvalue weighted by molar-refractivity contribution is -0.150. The Kier molecular flexibility index (Phi) is 5.06. The molecule has 1 amide bonds. The third kappa shape index (κ3) is 3.59. The third-order valence-electron chi connectivity index (χ3n) is 4.01. The molecule has 1 fully saturated rings. The molecule has 1 unspecified atom stereocenters. The van der Waals surface area contributed by atoms with E-state index in [0.717, 1.165) is 12.0 Å². The molecule has 1 aliphatic heterocycles. The molecule has 0 aromatic heterocycles. The van der Waals surface area contributed by atoms with Crippen LogP contribution in [0.15, 0.2) is 24.3 Å². The van der Waals surface area contributed by atoms with Crippen LogP contribution in [0.25, 0.3) is 0 Å². The molecular formula is C17H23NO4. The summed E-state index contributed by atoms with van der Waals surface area (Å²) < 4.78 is 5.72. The van der Waals surface area contributed by atoms with Gasteiger partial charge in [-0.3, -0.25) is 4.79 Å². The van der Waals surface area contributed by atoms with E-state index in [1.807, 2.05) is 24.3 Å². The molecule has 2 atom stereocenters. The Balaban J connectivity index is 2.05. The zero-order valence-corrected chi connectivity index (χ0v) is 13.3. The zero-order valence-electron chi connectivity index (χ0n) is 13.3. The fourth-order valence-electron chi connectivity index (χ4n) is 2.72. The summed E-state index contributed by atoms with van der Waals surface area (Å²) in [5, 5.41) is 9.17. The van der Waals surface area contributed by atoms with Crippen molar-refractivity contribution in [2.45, 2.75) is 51.7 Å². The van der Waals surface area contributed by atoms with Crippen molar-refractivity contribution < 1.29 is 19.4 Å². The van der Waals surface area contributed by atoms with Crippen molar-refractivity contribution in [3.8, 4) is 5.75 Å². The number of hydrogen-bond donors (Lipinski definition) is 1. The number of carbonyl (C=O) groups excluding carboxylic acids is 1. The van der Waals surface area contributed by atoms with E-state index < -0.39 is 18.1 Å². The molecule has 5 nitrogen and oxygen atoms in total. The van der Waals surface area contributed by atoms with Gasteiger partial charge in [0, 0.05) is 6.54 Å². The molecule has 1 aliphatic rings. The molecule has 1 aromatic rings. The number of nitrogens with zero attached hydrogens (tertiary/aromatic N) is 1. The summed E-state index contributed by atoms with van der Waals surface area (Å²) in [5.41, 5.74) is 1.14. The van der Waals surface area contributed by atoms with Crippen LogP contribution < -0.4 is 4.74 Å². The van der Waals surface area contributed by atoms with Crippen LogP contribution in [0.3, 0.4) is 0 Å². The minimum atomic E-state index is -0.945. The number of aliphatic carboxylic acids is 1. The van der Waals surface area contributed by atoms with Crippen molar-refractivity contribution in [1.82, 2.24) is 4.90 Å². The Labute approximate surface area is 130 Å². The van der Waals surface area contributed by atoms with Crippen molar-refractivity contribution in [1.29, 1.82) is 0 Å². The molecule has 0 saturated carbocycles. The lowest BCUT2D eigenvalue weighted by Gasteiger charge is -2.25. The predicted octanol–water partition coefficient (Wildman–Crippen LogP) is 2.65. The molecule has 0 aliphatic carbocycles. The van der Waals surface area contributed by atoms with Crippen LogP contribution in [0.2, 0.25) is 0 Å². The topological polar surface area (TPSA) is 66.8 Å². The van der Waals surface area contributed by atoms with Crippen molar-refractivity contribution in [2.75, 3.05) is 6.54 Å². The van der Waals surface area contributed by atoms with E-state index in [9.17, 15) is 9.59 Å². The minimum Gasteiger partial charge on any atom is -0.481 e. The Bertz CT molecular complexity index is 555. The van der Waals surface area contributed by atoms with Crippen LogP contribution in [-0.2, 0) is 9.59 Å². The normalized spacial score (nSPS) is 19.3. The molecule has 1 heterocycles. The smallest absolute Gasteiger partial charge is 0.326 e. The van der Waals surface area contributed by atoms with E-state index in [1.165, 1.54) is 4.90 Å². The van der Waals surface area contributed by atoms with Gasteiger partial charge in [-0.05, 0) is 43.4 Å². The van der Waals surface area contributed by atoms with Gasteiger partial charge >= 0.3 is 5.97 Å². The van der Waals surface area contributed by atoms with Gasteiger partial charge in [0.1, 0.15) is 11.8 Å². The zero-order chi connectivity index (χ0) is 16.3. The first-order chi connectivity index (χ1) is 10.4. The first-order valence-corrected chi connectivity index (χ1v) is 7.70. The largest absolute Gasteiger partial charge is 0.481 e. The van der Waals surface area contributed by atoms with Gasteiger partial charge in [-0.2, -0.15) is 0 Å². The van der Waals surface area contributed by atoms with Gasteiger partial charge in [0.05, 0.1) is 0 Å². The molecule has 5 heteroatoms. The van der Waals surface area contributed by atoms with Crippen molar-refractivity contribution in [2.24, 2.45) is 0 Å². The molecule has 2 rings (SSSR count). The second kappa shape index (κ2) is 6.81. The maximum atomic E-state index is 12.4. The van der Waals surface area contributed by atoms with Crippen molar-refractivity contribution >= 4 is 11.9 Å². The van der Waals surface area contributed by atoms with Crippen LogP contribution in [0.5, 0.6) is 5.75 Å². The molecule has 1 N–H and O–H groups in total. The first kappa shape index (κ1) is 16.3. The average molecular weight is 305 g/mol. The number of hydrogen-bond acceptors (Lipinski definition) is 3. The SMILES string of the molecule is CC(Oc1cccc(C(C)C)c1)C(=O)N1CCC[C@@H]1C(=O)O. The van der Waals surface area contributed by atoms with Crippen LogP contribution in [0, 0.1) is 0 Å². The quantitative estimate of drug-likeness (QED) is 0.908. The highest BCUT2D eigenvalue weighted by atomic mass is 16.5. The van der Waals surface area contributed by atoms with Crippen molar-refractivity contribution in [3.05, 3.63) is 29.8 Å². The van der Waals surface area contributed by atoms with E-state index in [-0.39, 0.29) is 5.91 Å². The maximum Gasteiger partial charge on any atom is 0.326 e. The molecule has 0 bridgehead atoms. The van der Waals surface area contributed by atoms with E-state index in [2.05, 4.69) is 13.8 Å². The van der Waals surface area contributed by atoms with Crippen LogP contribution in [0.4, 0.5) is 0 Å². The Morgan fingerprint density at radius 3 is 2.68 bits per heavy atom. The number of ether oxygens (including phenoxy) is 1. The van der Waals surface area contributed by atoms with E-state index in [0.29, 0.717) is 24.6 Å². The van der Waals surface area contributed by atoms with E-state index in [1.54, 1.807) is 6.92 Å². The number of amides is 1. The Hall–Kier alpha value is -2.04. The highest BCUT2D eigenvalue weighted by molar-refractivity contribution is 5.87. The summed E-state index contributed by atoms with van der Waals surface area (Å²) in [6.07, 6.45) is 0.539. The maximum absolute atomic E-state index is 12.4. The molecule has 1 saturated heterocycles. The molecule has 120 valence electrons. The van der Waals surface area contributed by atoms with Crippen LogP contribution in [0.1, 0.15) is 45.1 Å². The highest BCUT2D eigenvalue weighted by Crippen LogP contribution is 2.23. The summed E-state index contributed by atoms with van der Waals surface area (Å²) >= 11 is 0. The number of carboxylic acids is 1. The van der Waals surface area contributed by atoms with Gasteiger partial charge in [0.25, 0.3) is 5.91 Å².